The molecular weight excluding hydrogens is 335 g/mol. The molecule has 2 aromatic carbocycles. The highest BCUT2D eigenvalue weighted by Gasteiger charge is 2.30. The van der Waals surface area contributed by atoms with Crippen LogP contribution in [-0.4, -0.2) is 20.7 Å². The van der Waals surface area contributed by atoms with E-state index < -0.39 is 11.7 Å². The summed E-state index contributed by atoms with van der Waals surface area (Å²) in [6, 6.07) is 12.8. The molecule has 0 radical (unpaired) electrons. The Morgan fingerprint density at radius 3 is 2.50 bits per heavy atom. The number of halogens is 3. The first-order valence-corrected chi connectivity index (χ1v) is 8.29. The number of aromatic nitrogens is 3. The van der Waals surface area contributed by atoms with Crippen LogP contribution in [0.2, 0.25) is 0 Å². The quantitative estimate of drug-likeness (QED) is 0.617. The maximum atomic E-state index is 12.8. The molecule has 7 heteroatoms. The molecule has 0 aliphatic carbocycles. The van der Waals surface area contributed by atoms with Crippen molar-refractivity contribution in [1.82, 2.24) is 15.0 Å². The highest BCUT2D eigenvalue weighted by atomic mass is 32.2. The molecule has 0 amide bonds. The second kappa shape index (κ2) is 6.68. The predicted molar refractivity (Wildman–Crippen MR) is 88.2 cm³/mol. The van der Waals surface area contributed by atoms with Gasteiger partial charge in [0.25, 0.3) is 0 Å². The third-order valence-corrected chi connectivity index (χ3v) is 4.29. The van der Waals surface area contributed by atoms with E-state index in [1.54, 1.807) is 28.7 Å². The van der Waals surface area contributed by atoms with Crippen LogP contribution in [0.15, 0.2) is 59.6 Å². The van der Waals surface area contributed by atoms with Crippen LogP contribution in [0.5, 0.6) is 0 Å². The van der Waals surface area contributed by atoms with Gasteiger partial charge in [0.15, 0.2) is 0 Å². The van der Waals surface area contributed by atoms with Crippen LogP contribution in [-0.2, 0) is 6.18 Å². The van der Waals surface area contributed by atoms with Crippen LogP contribution in [0.1, 0.15) is 12.5 Å². The van der Waals surface area contributed by atoms with Crippen molar-refractivity contribution >= 4 is 11.8 Å². The average molecular weight is 349 g/mol. The summed E-state index contributed by atoms with van der Waals surface area (Å²) in [4.78, 5) is 1.15. The van der Waals surface area contributed by atoms with Crippen molar-refractivity contribution < 1.29 is 13.2 Å². The Morgan fingerprint density at radius 1 is 1.08 bits per heavy atom. The lowest BCUT2D eigenvalue weighted by atomic mass is 10.1. The number of rotatable bonds is 4. The number of nitrogens with zero attached hydrogens (tertiary/aromatic N) is 3. The molecule has 0 N–H and O–H groups in total. The summed E-state index contributed by atoms with van der Waals surface area (Å²) < 4.78 is 40.0. The summed E-state index contributed by atoms with van der Waals surface area (Å²) in [5.74, 6) is 0.988. The lowest BCUT2D eigenvalue weighted by molar-refractivity contribution is -0.137. The number of alkyl halides is 3. The molecule has 0 saturated heterocycles. The smallest absolute Gasteiger partial charge is 0.220 e. The first kappa shape index (κ1) is 16.6. The summed E-state index contributed by atoms with van der Waals surface area (Å²) in [5, 5.41) is 7.99. The zero-order valence-electron chi connectivity index (χ0n) is 12.8. The molecule has 124 valence electrons. The molecule has 0 bridgehead atoms. The van der Waals surface area contributed by atoms with Gasteiger partial charge in [0.2, 0.25) is 0 Å². The summed E-state index contributed by atoms with van der Waals surface area (Å²) in [6.45, 7) is 2.08. The zero-order chi connectivity index (χ0) is 17.2. The average Bonchev–Trinajstić information content (AvgIpc) is 3.05. The number of hydrogen-bond donors (Lipinski definition) is 0. The standard InChI is InChI=1S/C17H14F3N3S/c1-2-24-15-8-6-14(7-9-15)23-11-16(21-22-23)12-4-3-5-13(10-12)17(18,19)20/h3-11H,2H2,1H3. The Labute approximate surface area is 141 Å². The first-order valence-electron chi connectivity index (χ1n) is 7.30. The molecule has 3 rings (SSSR count). The Bertz CT molecular complexity index is 826. The van der Waals surface area contributed by atoms with Crippen LogP contribution >= 0.6 is 11.8 Å². The molecular formula is C17H14F3N3S. The second-order valence-corrected chi connectivity index (χ2v) is 6.39. The second-order valence-electron chi connectivity index (χ2n) is 5.05. The topological polar surface area (TPSA) is 30.7 Å². The van der Waals surface area contributed by atoms with Gasteiger partial charge in [-0.15, -0.1) is 16.9 Å². The number of thioether (sulfide) groups is 1. The first-order chi connectivity index (χ1) is 11.5. The van der Waals surface area contributed by atoms with E-state index >= 15 is 0 Å². The number of hydrogen-bond acceptors (Lipinski definition) is 3. The van der Waals surface area contributed by atoms with E-state index in [2.05, 4.69) is 17.2 Å². The molecule has 0 fully saturated rings. The van der Waals surface area contributed by atoms with Crippen LogP contribution in [0.25, 0.3) is 16.9 Å². The summed E-state index contributed by atoms with van der Waals surface area (Å²) >= 11 is 1.73. The van der Waals surface area contributed by atoms with Gasteiger partial charge in [0.05, 0.1) is 17.4 Å². The zero-order valence-corrected chi connectivity index (χ0v) is 13.6. The minimum absolute atomic E-state index is 0.384. The Kier molecular flexibility index (Phi) is 4.62. The van der Waals surface area contributed by atoms with Crippen molar-refractivity contribution in [2.75, 3.05) is 5.75 Å². The van der Waals surface area contributed by atoms with Gasteiger partial charge in [0.1, 0.15) is 5.69 Å². The van der Waals surface area contributed by atoms with Gasteiger partial charge in [0, 0.05) is 10.5 Å². The molecule has 3 nitrogen and oxygen atoms in total. The van der Waals surface area contributed by atoms with Gasteiger partial charge in [-0.3, -0.25) is 0 Å². The monoisotopic (exact) mass is 349 g/mol. The van der Waals surface area contributed by atoms with Crippen molar-refractivity contribution in [2.24, 2.45) is 0 Å². The molecule has 0 aliphatic rings. The molecule has 3 aromatic rings. The lowest BCUT2D eigenvalue weighted by Gasteiger charge is -2.07. The largest absolute Gasteiger partial charge is 0.416 e. The highest BCUT2D eigenvalue weighted by Crippen LogP contribution is 2.31. The molecule has 0 spiro atoms. The van der Waals surface area contributed by atoms with Crippen molar-refractivity contribution in [1.29, 1.82) is 0 Å². The Morgan fingerprint density at radius 2 is 1.83 bits per heavy atom. The molecule has 1 aromatic heterocycles. The van der Waals surface area contributed by atoms with Gasteiger partial charge < -0.3 is 0 Å². The highest BCUT2D eigenvalue weighted by molar-refractivity contribution is 7.99. The van der Waals surface area contributed by atoms with E-state index in [-0.39, 0.29) is 0 Å². The van der Waals surface area contributed by atoms with Crippen molar-refractivity contribution in [3.8, 4) is 16.9 Å². The minimum atomic E-state index is -4.38. The van der Waals surface area contributed by atoms with E-state index in [0.717, 1.165) is 28.5 Å². The fraction of sp³-hybridized carbons (Fsp3) is 0.176. The summed E-state index contributed by atoms with van der Waals surface area (Å²) in [5.41, 5.74) is 0.888. The van der Waals surface area contributed by atoms with E-state index in [9.17, 15) is 13.2 Å². The van der Waals surface area contributed by atoms with Crippen molar-refractivity contribution in [3.63, 3.8) is 0 Å². The number of benzene rings is 2. The van der Waals surface area contributed by atoms with Gasteiger partial charge in [-0.1, -0.05) is 24.3 Å². The molecule has 1 heterocycles. The van der Waals surface area contributed by atoms with Gasteiger partial charge >= 0.3 is 6.18 Å². The van der Waals surface area contributed by atoms with Gasteiger partial charge in [-0.05, 0) is 42.2 Å². The van der Waals surface area contributed by atoms with E-state index in [1.165, 1.54) is 6.07 Å². The third-order valence-electron chi connectivity index (χ3n) is 3.39. The van der Waals surface area contributed by atoms with Crippen LogP contribution in [0.3, 0.4) is 0 Å². The Balaban J connectivity index is 1.88. The fourth-order valence-electron chi connectivity index (χ4n) is 2.24. The lowest BCUT2D eigenvalue weighted by Crippen LogP contribution is -2.04. The predicted octanol–water partition coefficient (Wildman–Crippen LogP) is 5.07. The normalized spacial score (nSPS) is 11.7. The van der Waals surface area contributed by atoms with Crippen molar-refractivity contribution in [3.05, 3.63) is 60.3 Å². The Hall–Kier alpha value is -2.28. The third kappa shape index (κ3) is 3.62. The van der Waals surface area contributed by atoms with Gasteiger partial charge in [-0.25, -0.2) is 4.68 Å². The van der Waals surface area contributed by atoms with E-state index in [0.29, 0.717) is 11.3 Å². The van der Waals surface area contributed by atoms with Crippen molar-refractivity contribution in [2.45, 2.75) is 18.0 Å². The minimum Gasteiger partial charge on any atom is -0.220 e. The molecule has 0 atom stereocenters. The molecule has 24 heavy (non-hydrogen) atoms. The SMILES string of the molecule is CCSc1ccc(-n2cc(-c3cccc(C(F)(F)F)c3)nn2)cc1. The van der Waals surface area contributed by atoms with Gasteiger partial charge in [-0.2, -0.15) is 13.2 Å². The van der Waals surface area contributed by atoms with E-state index in [1.807, 2.05) is 24.3 Å². The van der Waals surface area contributed by atoms with Crippen LogP contribution in [0.4, 0.5) is 13.2 Å². The maximum Gasteiger partial charge on any atom is 0.416 e. The van der Waals surface area contributed by atoms with Crippen LogP contribution < -0.4 is 0 Å². The molecule has 0 saturated carbocycles. The maximum absolute atomic E-state index is 12.8. The summed E-state index contributed by atoms with van der Waals surface area (Å²) in [6.07, 6.45) is -2.75. The fourth-order valence-corrected chi connectivity index (χ4v) is 2.90. The summed E-state index contributed by atoms with van der Waals surface area (Å²) in [7, 11) is 0. The molecule has 0 unspecified atom stereocenters. The van der Waals surface area contributed by atoms with Crippen LogP contribution in [0, 0.1) is 0 Å². The van der Waals surface area contributed by atoms with E-state index in [4.69, 9.17) is 0 Å². The molecule has 0 aliphatic heterocycles.